The fourth-order valence-electron chi connectivity index (χ4n) is 1.06. The van der Waals surface area contributed by atoms with Crippen molar-refractivity contribution in [1.29, 1.82) is 0 Å². The third-order valence-corrected chi connectivity index (χ3v) is 2.11. The zero-order valence-corrected chi connectivity index (χ0v) is 6.55. The molecule has 0 fully saturated rings. The van der Waals surface area contributed by atoms with E-state index in [2.05, 4.69) is 44.2 Å². The van der Waals surface area contributed by atoms with Crippen LogP contribution in [0.5, 0.6) is 0 Å². The molecule has 1 aliphatic heterocycles. The topological polar surface area (TPSA) is 6.48 Å². The number of hydrogen-bond acceptors (Lipinski definition) is 2. The maximum absolute atomic E-state index is 2.20. The zero-order chi connectivity index (χ0) is 7.02. The van der Waals surface area contributed by atoms with Crippen molar-refractivity contribution < 1.29 is 0 Å². The van der Waals surface area contributed by atoms with Crippen LogP contribution in [0.2, 0.25) is 0 Å². The summed E-state index contributed by atoms with van der Waals surface area (Å²) in [5.74, 6) is 0. The molecular formula is C7H14N2. The van der Waals surface area contributed by atoms with Gasteiger partial charge in [-0.2, -0.15) is 0 Å². The summed E-state index contributed by atoms with van der Waals surface area (Å²) in [6.07, 6.45) is 2.16. The minimum Gasteiger partial charge on any atom is -0.316 e. The van der Waals surface area contributed by atoms with Crippen LogP contribution in [0.25, 0.3) is 0 Å². The Morgan fingerprint density at radius 3 is 2.11 bits per heavy atom. The molecule has 2 heteroatoms. The van der Waals surface area contributed by atoms with Gasteiger partial charge in [0.25, 0.3) is 0 Å². The maximum atomic E-state index is 2.20. The lowest BCUT2D eigenvalue weighted by atomic mass is 10.2. The van der Waals surface area contributed by atoms with E-state index in [0.717, 1.165) is 0 Å². The Balaban J connectivity index is 2.70. The van der Waals surface area contributed by atoms with E-state index in [1.54, 1.807) is 0 Å². The maximum Gasteiger partial charge on any atom is 0.0485 e. The van der Waals surface area contributed by atoms with Gasteiger partial charge < -0.3 is 5.01 Å². The Kier molecular flexibility index (Phi) is 1.49. The summed E-state index contributed by atoms with van der Waals surface area (Å²) >= 11 is 0. The van der Waals surface area contributed by atoms with Crippen molar-refractivity contribution >= 4 is 0 Å². The van der Waals surface area contributed by atoms with Crippen molar-refractivity contribution in [2.45, 2.75) is 19.9 Å². The van der Waals surface area contributed by atoms with E-state index in [1.807, 2.05) is 0 Å². The first-order valence-corrected chi connectivity index (χ1v) is 3.27. The summed E-state index contributed by atoms with van der Waals surface area (Å²) in [5.41, 5.74) is 1.43. The van der Waals surface area contributed by atoms with Crippen molar-refractivity contribution in [1.82, 2.24) is 10.0 Å². The molecule has 0 spiro atoms. The first-order valence-electron chi connectivity index (χ1n) is 3.27. The van der Waals surface area contributed by atoms with Crippen LogP contribution < -0.4 is 0 Å². The Bertz CT molecular complexity index is 140. The Morgan fingerprint density at radius 2 is 2.00 bits per heavy atom. The lowest BCUT2D eigenvalue weighted by molar-refractivity contribution is 0.0792. The molecule has 0 aromatic rings. The second-order valence-corrected chi connectivity index (χ2v) is 2.70. The molecule has 2 nitrogen and oxygen atoms in total. The molecule has 0 amide bonds. The SMILES string of the molecule is CC1=CN(C)N(C)C1C. The van der Waals surface area contributed by atoms with Crippen molar-refractivity contribution in [2.75, 3.05) is 14.1 Å². The minimum absolute atomic E-state index is 0.579. The summed E-state index contributed by atoms with van der Waals surface area (Å²) in [6, 6.07) is 0.579. The van der Waals surface area contributed by atoms with Gasteiger partial charge in [0.05, 0.1) is 0 Å². The predicted molar refractivity (Wildman–Crippen MR) is 38.7 cm³/mol. The van der Waals surface area contributed by atoms with Gasteiger partial charge in [-0.3, -0.25) is 0 Å². The van der Waals surface area contributed by atoms with Crippen molar-refractivity contribution in [3.05, 3.63) is 11.8 Å². The molecule has 0 aromatic heterocycles. The van der Waals surface area contributed by atoms with Gasteiger partial charge in [0.2, 0.25) is 0 Å². The van der Waals surface area contributed by atoms with E-state index >= 15 is 0 Å². The summed E-state index contributed by atoms with van der Waals surface area (Å²) in [6.45, 7) is 4.36. The second-order valence-electron chi connectivity index (χ2n) is 2.70. The second kappa shape index (κ2) is 2.03. The van der Waals surface area contributed by atoms with Crippen LogP contribution in [0.4, 0.5) is 0 Å². The summed E-state index contributed by atoms with van der Waals surface area (Å²) in [4.78, 5) is 0. The predicted octanol–water partition coefficient (Wildman–Crippen LogP) is 1.07. The lowest BCUT2D eigenvalue weighted by Crippen LogP contribution is -2.33. The van der Waals surface area contributed by atoms with E-state index in [-0.39, 0.29) is 0 Å². The van der Waals surface area contributed by atoms with Crippen LogP contribution in [0.1, 0.15) is 13.8 Å². The molecule has 0 N–H and O–H groups in total. The highest BCUT2D eigenvalue weighted by Gasteiger charge is 2.19. The molecule has 0 aliphatic carbocycles. The highest BCUT2D eigenvalue weighted by atomic mass is 15.6. The average Bonchev–Trinajstić information content (AvgIpc) is 1.98. The van der Waals surface area contributed by atoms with Crippen LogP contribution in [-0.4, -0.2) is 30.2 Å². The molecule has 0 bridgehead atoms. The first kappa shape index (κ1) is 6.62. The Labute approximate surface area is 56.7 Å². The number of nitrogens with zero attached hydrogens (tertiary/aromatic N) is 2. The summed E-state index contributed by atoms with van der Waals surface area (Å²) in [5, 5.41) is 4.31. The third-order valence-electron chi connectivity index (χ3n) is 2.11. The van der Waals surface area contributed by atoms with Gasteiger partial charge in [-0.15, -0.1) is 0 Å². The van der Waals surface area contributed by atoms with E-state index in [4.69, 9.17) is 0 Å². The van der Waals surface area contributed by atoms with Crippen LogP contribution in [0.3, 0.4) is 0 Å². The van der Waals surface area contributed by atoms with Crippen molar-refractivity contribution in [3.63, 3.8) is 0 Å². The number of rotatable bonds is 0. The van der Waals surface area contributed by atoms with Gasteiger partial charge >= 0.3 is 0 Å². The average molecular weight is 126 g/mol. The van der Waals surface area contributed by atoms with E-state index in [9.17, 15) is 0 Å². The first-order chi connectivity index (χ1) is 4.13. The van der Waals surface area contributed by atoms with Crippen LogP contribution in [0, 0.1) is 0 Å². The Hall–Kier alpha value is -0.500. The number of likely N-dealkylation sites (N-methyl/N-ethyl adjacent to an activating group) is 1. The molecule has 9 heavy (non-hydrogen) atoms. The third kappa shape index (κ3) is 0.944. The van der Waals surface area contributed by atoms with Crippen LogP contribution >= 0.6 is 0 Å². The number of hydrazine groups is 1. The van der Waals surface area contributed by atoms with Gasteiger partial charge in [-0.1, -0.05) is 0 Å². The summed E-state index contributed by atoms with van der Waals surface area (Å²) < 4.78 is 0. The van der Waals surface area contributed by atoms with E-state index < -0.39 is 0 Å². The van der Waals surface area contributed by atoms with Gasteiger partial charge in [0.1, 0.15) is 0 Å². The molecule has 52 valence electrons. The minimum atomic E-state index is 0.579. The van der Waals surface area contributed by atoms with E-state index in [0.29, 0.717) is 6.04 Å². The molecule has 1 rings (SSSR count). The molecule has 1 atom stereocenters. The standard InChI is InChI=1S/C7H14N2/c1-6-5-8(3)9(4)7(6)2/h5,7H,1-4H3. The van der Waals surface area contributed by atoms with Crippen molar-refractivity contribution in [3.8, 4) is 0 Å². The molecule has 0 aromatic carbocycles. The molecule has 0 radical (unpaired) electrons. The zero-order valence-electron chi connectivity index (χ0n) is 6.55. The molecule has 0 saturated heterocycles. The van der Waals surface area contributed by atoms with Gasteiger partial charge in [0.15, 0.2) is 0 Å². The van der Waals surface area contributed by atoms with E-state index in [1.165, 1.54) is 5.57 Å². The fraction of sp³-hybridized carbons (Fsp3) is 0.714. The van der Waals surface area contributed by atoms with Gasteiger partial charge in [0, 0.05) is 26.3 Å². The summed E-state index contributed by atoms with van der Waals surface area (Å²) in [7, 11) is 4.16. The molecule has 0 saturated carbocycles. The molecule has 1 aliphatic rings. The van der Waals surface area contributed by atoms with Gasteiger partial charge in [-0.05, 0) is 19.4 Å². The van der Waals surface area contributed by atoms with Crippen molar-refractivity contribution in [2.24, 2.45) is 0 Å². The largest absolute Gasteiger partial charge is 0.316 e. The smallest absolute Gasteiger partial charge is 0.0485 e. The van der Waals surface area contributed by atoms with Gasteiger partial charge in [-0.25, -0.2) is 5.01 Å². The quantitative estimate of drug-likeness (QED) is 0.479. The molecule has 1 heterocycles. The fourth-order valence-corrected chi connectivity index (χ4v) is 1.06. The normalized spacial score (nSPS) is 29.1. The van der Waals surface area contributed by atoms with Crippen LogP contribution in [-0.2, 0) is 0 Å². The van der Waals surface area contributed by atoms with Crippen LogP contribution in [0.15, 0.2) is 11.8 Å². The lowest BCUT2D eigenvalue weighted by Gasteiger charge is -2.24. The molecular weight excluding hydrogens is 112 g/mol. The monoisotopic (exact) mass is 126 g/mol. The highest BCUT2D eigenvalue weighted by molar-refractivity contribution is 5.09. The highest BCUT2D eigenvalue weighted by Crippen LogP contribution is 2.17. The Morgan fingerprint density at radius 1 is 1.44 bits per heavy atom. The number of hydrogen-bond donors (Lipinski definition) is 0. The molecule has 1 unspecified atom stereocenters.